The van der Waals surface area contributed by atoms with Crippen molar-refractivity contribution in [2.45, 2.75) is 13.2 Å². The maximum atomic E-state index is 13.0. The molecule has 0 unspecified atom stereocenters. The highest BCUT2D eigenvalue weighted by Gasteiger charge is 2.10. The SMILES string of the molecule is OCc1cc(Br)c(OCc2ccc(F)cc2Br)c(Br)c1. The summed E-state index contributed by atoms with van der Waals surface area (Å²) >= 11 is 10.1. The zero-order chi connectivity index (χ0) is 14.7. The lowest BCUT2D eigenvalue weighted by Crippen LogP contribution is -1.99. The Morgan fingerprint density at radius 1 is 1.00 bits per heavy atom. The molecule has 0 radical (unpaired) electrons. The molecule has 2 aromatic carbocycles. The summed E-state index contributed by atoms with van der Waals surface area (Å²) in [5.41, 5.74) is 1.62. The Balaban J connectivity index is 2.19. The van der Waals surface area contributed by atoms with Gasteiger partial charge in [0.05, 0.1) is 15.6 Å². The monoisotopic (exact) mass is 466 g/mol. The highest BCUT2D eigenvalue weighted by atomic mass is 79.9. The molecule has 0 aliphatic rings. The molecule has 2 aromatic rings. The summed E-state index contributed by atoms with van der Waals surface area (Å²) in [5, 5.41) is 9.12. The number of benzene rings is 2. The molecule has 0 saturated carbocycles. The van der Waals surface area contributed by atoms with E-state index in [9.17, 15) is 4.39 Å². The molecule has 106 valence electrons. The molecule has 0 aliphatic heterocycles. The standard InChI is InChI=1S/C14H10Br3FO2/c15-11-5-10(18)2-1-9(11)7-20-14-12(16)3-8(6-19)4-13(14)17/h1-5,19H,6-7H2. The minimum Gasteiger partial charge on any atom is -0.486 e. The Kier molecular flexibility index (Phi) is 5.60. The van der Waals surface area contributed by atoms with Gasteiger partial charge in [0.2, 0.25) is 0 Å². The van der Waals surface area contributed by atoms with Crippen LogP contribution in [0.4, 0.5) is 4.39 Å². The summed E-state index contributed by atoms with van der Waals surface area (Å²) in [4.78, 5) is 0. The fourth-order valence-electron chi connectivity index (χ4n) is 1.63. The summed E-state index contributed by atoms with van der Waals surface area (Å²) in [6.45, 7) is 0.261. The van der Waals surface area contributed by atoms with E-state index < -0.39 is 0 Å². The van der Waals surface area contributed by atoms with Crippen LogP contribution in [0.15, 0.2) is 43.7 Å². The van der Waals surface area contributed by atoms with E-state index in [1.807, 2.05) is 0 Å². The van der Waals surface area contributed by atoms with Gasteiger partial charge < -0.3 is 9.84 Å². The van der Waals surface area contributed by atoms with E-state index in [4.69, 9.17) is 9.84 Å². The predicted molar refractivity (Wildman–Crippen MR) is 86.2 cm³/mol. The molecule has 0 amide bonds. The molecule has 2 rings (SSSR count). The molecule has 0 saturated heterocycles. The Hall–Kier alpha value is -0.430. The van der Waals surface area contributed by atoms with Crippen LogP contribution in [0, 0.1) is 5.82 Å². The van der Waals surface area contributed by atoms with Crippen molar-refractivity contribution in [2.75, 3.05) is 0 Å². The number of ether oxygens (including phenoxy) is 1. The molecule has 6 heteroatoms. The van der Waals surface area contributed by atoms with Crippen LogP contribution in [-0.4, -0.2) is 5.11 Å². The first kappa shape index (κ1) is 15.9. The van der Waals surface area contributed by atoms with Gasteiger partial charge in [0.25, 0.3) is 0 Å². The van der Waals surface area contributed by atoms with Gasteiger partial charge in [-0.1, -0.05) is 22.0 Å². The van der Waals surface area contributed by atoms with Crippen molar-refractivity contribution in [3.63, 3.8) is 0 Å². The van der Waals surface area contributed by atoms with Gasteiger partial charge in [0, 0.05) is 10.0 Å². The van der Waals surface area contributed by atoms with Gasteiger partial charge in [-0.3, -0.25) is 0 Å². The van der Waals surface area contributed by atoms with Gasteiger partial charge in [-0.05, 0) is 61.7 Å². The lowest BCUT2D eigenvalue weighted by atomic mass is 10.2. The molecule has 0 atom stereocenters. The molecule has 1 N–H and O–H groups in total. The molecule has 0 aromatic heterocycles. The maximum Gasteiger partial charge on any atom is 0.148 e. The highest BCUT2D eigenvalue weighted by Crippen LogP contribution is 2.35. The van der Waals surface area contributed by atoms with Gasteiger partial charge in [-0.25, -0.2) is 4.39 Å². The van der Waals surface area contributed by atoms with E-state index in [-0.39, 0.29) is 12.4 Å². The first-order valence-electron chi connectivity index (χ1n) is 5.66. The van der Waals surface area contributed by atoms with E-state index >= 15 is 0 Å². The summed E-state index contributed by atoms with van der Waals surface area (Å²) in [5.74, 6) is 0.341. The first-order chi connectivity index (χ1) is 9.51. The molecule has 20 heavy (non-hydrogen) atoms. The minimum absolute atomic E-state index is 0.0407. The minimum atomic E-state index is -0.296. The van der Waals surface area contributed by atoms with Crippen molar-refractivity contribution in [1.29, 1.82) is 0 Å². The van der Waals surface area contributed by atoms with Crippen LogP contribution in [0.2, 0.25) is 0 Å². The lowest BCUT2D eigenvalue weighted by molar-refractivity contribution is 0.280. The third kappa shape index (κ3) is 3.81. The second-order valence-corrected chi connectivity index (χ2v) is 6.63. The molecule has 0 heterocycles. The Bertz CT molecular complexity index is 609. The van der Waals surface area contributed by atoms with E-state index in [1.165, 1.54) is 12.1 Å². The number of rotatable bonds is 4. The second-order valence-electron chi connectivity index (χ2n) is 4.07. The van der Waals surface area contributed by atoms with Crippen LogP contribution in [0.3, 0.4) is 0 Å². The van der Waals surface area contributed by atoms with Crippen LogP contribution in [0.5, 0.6) is 5.75 Å². The van der Waals surface area contributed by atoms with Gasteiger partial charge in [-0.15, -0.1) is 0 Å². The van der Waals surface area contributed by atoms with Crippen molar-refractivity contribution in [2.24, 2.45) is 0 Å². The quantitative estimate of drug-likeness (QED) is 0.669. The van der Waals surface area contributed by atoms with Crippen molar-refractivity contribution in [3.05, 3.63) is 60.7 Å². The molecule has 0 fully saturated rings. The van der Waals surface area contributed by atoms with Crippen molar-refractivity contribution in [3.8, 4) is 5.75 Å². The number of halogens is 4. The summed E-state index contributed by atoms with van der Waals surface area (Å²) in [6, 6.07) is 8.04. The number of hydrogen-bond donors (Lipinski definition) is 1. The van der Waals surface area contributed by atoms with Crippen molar-refractivity contribution >= 4 is 47.8 Å². The summed E-state index contributed by atoms with van der Waals surface area (Å²) in [7, 11) is 0. The summed E-state index contributed by atoms with van der Waals surface area (Å²) < 4.78 is 20.9. The van der Waals surface area contributed by atoms with Crippen LogP contribution in [0.25, 0.3) is 0 Å². The fraction of sp³-hybridized carbons (Fsp3) is 0.143. The van der Waals surface area contributed by atoms with Gasteiger partial charge in [0.15, 0.2) is 0 Å². The highest BCUT2D eigenvalue weighted by molar-refractivity contribution is 9.11. The average Bonchev–Trinajstić information content (AvgIpc) is 2.39. The maximum absolute atomic E-state index is 13.0. The third-order valence-electron chi connectivity index (χ3n) is 2.63. The van der Waals surface area contributed by atoms with Gasteiger partial charge >= 0.3 is 0 Å². The number of aliphatic hydroxyl groups excluding tert-OH is 1. The van der Waals surface area contributed by atoms with E-state index in [2.05, 4.69) is 47.8 Å². The van der Waals surface area contributed by atoms with Crippen LogP contribution in [-0.2, 0) is 13.2 Å². The first-order valence-corrected chi connectivity index (χ1v) is 8.04. The Labute approximate surface area is 141 Å². The van der Waals surface area contributed by atoms with Gasteiger partial charge in [-0.2, -0.15) is 0 Å². The third-order valence-corrected chi connectivity index (χ3v) is 4.54. The number of aliphatic hydroxyl groups is 1. The van der Waals surface area contributed by atoms with Crippen molar-refractivity contribution in [1.82, 2.24) is 0 Å². The Morgan fingerprint density at radius 3 is 2.20 bits per heavy atom. The lowest BCUT2D eigenvalue weighted by Gasteiger charge is -2.12. The van der Waals surface area contributed by atoms with E-state index in [0.717, 1.165) is 20.1 Å². The topological polar surface area (TPSA) is 29.5 Å². The smallest absolute Gasteiger partial charge is 0.148 e. The average molecular weight is 469 g/mol. The second kappa shape index (κ2) is 7.02. The molecule has 0 aliphatic carbocycles. The molecule has 0 spiro atoms. The van der Waals surface area contributed by atoms with E-state index in [0.29, 0.717) is 16.8 Å². The normalized spacial score (nSPS) is 10.7. The van der Waals surface area contributed by atoms with Crippen LogP contribution >= 0.6 is 47.8 Å². The van der Waals surface area contributed by atoms with Crippen molar-refractivity contribution < 1.29 is 14.2 Å². The fourth-order valence-corrected chi connectivity index (χ4v) is 3.61. The predicted octanol–water partition coefficient (Wildman–Crippen LogP) is 5.18. The van der Waals surface area contributed by atoms with Crippen LogP contribution in [0.1, 0.15) is 11.1 Å². The largest absolute Gasteiger partial charge is 0.486 e. The van der Waals surface area contributed by atoms with Crippen LogP contribution < -0.4 is 4.74 Å². The molecular weight excluding hydrogens is 459 g/mol. The molecule has 2 nitrogen and oxygen atoms in total. The zero-order valence-electron chi connectivity index (χ0n) is 10.2. The summed E-state index contributed by atoms with van der Waals surface area (Å²) in [6.07, 6.45) is 0. The van der Waals surface area contributed by atoms with E-state index in [1.54, 1.807) is 18.2 Å². The van der Waals surface area contributed by atoms with Gasteiger partial charge in [0.1, 0.15) is 18.2 Å². The molecular formula is C14H10Br3FO2. The Morgan fingerprint density at radius 2 is 1.65 bits per heavy atom. The zero-order valence-corrected chi connectivity index (χ0v) is 14.9. The molecule has 0 bridgehead atoms. The number of hydrogen-bond acceptors (Lipinski definition) is 2.